The molecule has 0 aromatic heterocycles. The normalized spacial score (nSPS) is 9.27. The monoisotopic (exact) mass is 165 g/mol. The molecule has 0 amide bonds. The molecule has 0 radical (unpaired) electrons. The van der Waals surface area contributed by atoms with Crippen LogP contribution in [0.15, 0.2) is 12.1 Å². The molecular weight excluding hydrogens is 158 g/mol. The van der Waals surface area contributed by atoms with Crippen LogP contribution in [0.25, 0.3) is 0 Å². The van der Waals surface area contributed by atoms with Crippen molar-refractivity contribution in [1.82, 2.24) is 0 Å². The fraction of sp³-hybridized carbons (Fsp3) is 0.222. The molecular formula is C9H8ClN. The molecule has 1 rings (SSSR count). The maximum absolute atomic E-state index is 8.66. The zero-order valence-electron chi connectivity index (χ0n) is 6.48. The number of rotatable bonds is 0. The van der Waals surface area contributed by atoms with E-state index in [9.17, 15) is 0 Å². The SMILES string of the molecule is Cc1cc(Cl)cc(C#N)c1C. The zero-order chi connectivity index (χ0) is 8.43. The average Bonchev–Trinajstić information content (AvgIpc) is 1.96. The van der Waals surface area contributed by atoms with E-state index in [1.807, 2.05) is 19.9 Å². The Morgan fingerprint density at radius 3 is 2.55 bits per heavy atom. The van der Waals surface area contributed by atoms with Crippen LogP contribution in [0.5, 0.6) is 0 Å². The van der Waals surface area contributed by atoms with Crippen molar-refractivity contribution < 1.29 is 0 Å². The van der Waals surface area contributed by atoms with E-state index in [4.69, 9.17) is 16.9 Å². The molecule has 0 bridgehead atoms. The molecule has 56 valence electrons. The molecule has 0 saturated carbocycles. The molecule has 0 aliphatic carbocycles. The second-order valence-electron chi connectivity index (χ2n) is 2.51. The fourth-order valence-corrected chi connectivity index (χ4v) is 1.20. The van der Waals surface area contributed by atoms with E-state index in [2.05, 4.69) is 6.07 Å². The van der Waals surface area contributed by atoms with Crippen LogP contribution < -0.4 is 0 Å². The molecule has 1 nitrogen and oxygen atoms in total. The van der Waals surface area contributed by atoms with E-state index in [-0.39, 0.29) is 0 Å². The summed E-state index contributed by atoms with van der Waals surface area (Å²) in [4.78, 5) is 0. The summed E-state index contributed by atoms with van der Waals surface area (Å²) < 4.78 is 0. The van der Waals surface area contributed by atoms with Crippen molar-refractivity contribution in [2.75, 3.05) is 0 Å². The van der Waals surface area contributed by atoms with Gasteiger partial charge in [-0.2, -0.15) is 5.26 Å². The lowest BCUT2D eigenvalue weighted by molar-refractivity contribution is 1.31. The molecule has 0 aliphatic rings. The summed E-state index contributed by atoms with van der Waals surface area (Å²) in [5.74, 6) is 0. The van der Waals surface area contributed by atoms with Crippen LogP contribution >= 0.6 is 11.6 Å². The smallest absolute Gasteiger partial charge is 0.0995 e. The number of halogens is 1. The summed E-state index contributed by atoms with van der Waals surface area (Å²) in [5, 5.41) is 9.29. The first-order valence-corrected chi connectivity index (χ1v) is 3.70. The van der Waals surface area contributed by atoms with Crippen LogP contribution in [-0.2, 0) is 0 Å². The molecule has 2 heteroatoms. The number of benzene rings is 1. The van der Waals surface area contributed by atoms with Crippen molar-refractivity contribution in [3.63, 3.8) is 0 Å². The lowest BCUT2D eigenvalue weighted by Gasteiger charge is -2.01. The summed E-state index contributed by atoms with van der Waals surface area (Å²) in [7, 11) is 0. The van der Waals surface area contributed by atoms with Crippen LogP contribution in [0.4, 0.5) is 0 Å². The minimum atomic E-state index is 0.629. The van der Waals surface area contributed by atoms with Gasteiger partial charge in [0.2, 0.25) is 0 Å². The number of nitriles is 1. The van der Waals surface area contributed by atoms with Crippen LogP contribution in [0, 0.1) is 25.2 Å². The maximum atomic E-state index is 8.66. The van der Waals surface area contributed by atoms with Gasteiger partial charge in [-0.25, -0.2) is 0 Å². The van der Waals surface area contributed by atoms with Gasteiger partial charge in [-0.05, 0) is 37.1 Å². The molecule has 1 aromatic rings. The standard InChI is InChI=1S/C9H8ClN/c1-6-3-9(10)4-8(5-11)7(6)2/h3-4H,1-2H3. The van der Waals surface area contributed by atoms with Crippen molar-refractivity contribution in [2.45, 2.75) is 13.8 Å². The van der Waals surface area contributed by atoms with Crippen molar-refractivity contribution in [3.8, 4) is 6.07 Å². The fourth-order valence-electron chi connectivity index (χ4n) is 0.931. The maximum Gasteiger partial charge on any atom is 0.0995 e. The van der Waals surface area contributed by atoms with E-state index in [1.165, 1.54) is 0 Å². The van der Waals surface area contributed by atoms with E-state index >= 15 is 0 Å². The van der Waals surface area contributed by atoms with Crippen LogP contribution in [0.1, 0.15) is 16.7 Å². The van der Waals surface area contributed by atoms with E-state index < -0.39 is 0 Å². The summed E-state index contributed by atoms with van der Waals surface area (Å²) in [6.07, 6.45) is 0. The highest BCUT2D eigenvalue weighted by Gasteiger charge is 2.01. The van der Waals surface area contributed by atoms with E-state index in [0.29, 0.717) is 10.6 Å². The lowest BCUT2D eigenvalue weighted by atomic mass is 10.0. The first-order chi connectivity index (χ1) is 5.15. The summed E-state index contributed by atoms with van der Waals surface area (Å²) >= 11 is 5.75. The van der Waals surface area contributed by atoms with Crippen LogP contribution in [0.2, 0.25) is 5.02 Å². The molecule has 0 saturated heterocycles. The average molecular weight is 166 g/mol. The van der Waals surface area contributed by atoms with Gasteiger partial charge in [-0.1, -0.05) is 11.6 Å². The third-order valence-corrected chi connectivity index (χ3v) is 1.97. The lowest BCUT2D eigenvalue weighted by Crippen LogP contribution is -1.86. The van der Waals surface area contributed by atoms with Crippen LogP contribution in [0.3, 0.4) is 0 Å². The molecule has 0 N–H and O–H groups in total. The van der Waals surface area contributed by atoms with E-state index in [0.717, 1.165) is 11.1 Å². The predicted molar refractivity (Wildman–Crippen MR) is 45.6 cm³/mol. The first-order valence-electron chi connectivity index (χ1n) is 3.32. The quantitative estimate of drug-likeness (QED) is 0.580. The number of aryl methyl sites for hydroxylation is 1. The second-order valence-corrected chi connectivity index (χ2v) is 2.94. The molecule has 0 fully saturated rings. The molecule has 1 aromatic carbocycles. The Morgan fingerprint density at radius 1 is 1.36 bits per heavy atom. The summed E-state index contributed by atoms with van der Waals surface area (Å²) in [6, 6.07) is 5.64. The number of hydrogen-bond donors (Lipinski definition) is 0. The van der Waals surface area contributed by atoms with Crippen LogP contribution in [-0.4, -0.2) is 0 Å². The van der Waals surface area contributed by atoms with Gasteiger partial charge < -0.3 is 0 Å². The molecule has 11 heavy (non-hydrogen) atoms. The highest BCUT2D eigenvalue weighted by Crippen LogP contribution is 2.18. The van der Waals surface area contributed by atoms with Crippen molar-refractivity contribution >= 4 is 11.6 Å². The van der Waals surface area contributed by atoms with Gasteiger partial charge in [-0.3, -0.25) is 0 Å². The van der Waals surface area contributed by atoms with Gasteiger partial charge in [-0.15, -0.1) is 0 Å². The molecule has 0 atom stereocenters. The second kappa shape index (κ2) is 2.94. The van der Waals surface area contributed by atoms with Crippen molar-refractivity contribution in [2.24, 2.45) is 0 Å². The zero-order valence-corrected chi connectivity index (χ0v) is 7.24. The van der Waals surface area contributed by atoms with Gasteiger partial charge in [0, 0.05) is 5.02 Å². The highest BCUT2D eigenvalue weighted by atomic mass is 35.5. The van der Waals surface area contributed by atoms with Gasteiger partial charge in [0.25, 0.3) is 0 Å². The molecule has 0 aliphatic heterocycles. The summed E-state index contributed by atoms with van der Waals surface area (Å²) in [6.45, 7) is 3.87. The Labute approximate surface area is 71.2 Å². The third-order valence-electron chi connectivity index (χ3n) is 1.75. The summed E-state index contributed by atoms with van der Waals surface area (Å²) in [5.41, 5.74) is 2.74. The van der Waals surface area contributed by atoms with Gasteiger partial charge >= 0.3 is 0 Å². The minimum Gasteiger partial charge on any atom is -0.192 e. The Morgan fingerprint density at radius 2 is 2.00 bits per heavy atom. The highest BCUT2D eigenvalue weighted by molar-refractivity contribution is 6.30. The van der Waals surface area contributed by atoms with Crippen molar-refractivity contribution in [1.29, 1.82) is 5.26 Å². The van der Waals surface area contributed by atoms with Crippen molar-refractivity contribution in [3.05, 3.63) is 33.8 Å². The third kappa shape index (κ3) is 1.53. The molecule has 0 spiro atoms. The Kier molecular flexibility index (Phi) is 2.16. The Hall–Kier alpha value is -1.00. The van der Waals surface area contributed by atoms with Gasteiger partial charge in [0.05, 0.1) is 11.6 Å². The topological polar surface area (TPSA) is 23.8 Å². The molecule has 0 unspecified atom stereocenters. The van der Waals surface area contributed by atoms with E-state index in [1.54, 1.807) is 6.07 Å². The minimum absolute atomic E-state index is 0.629. The first kappa shape index (κ1) is 8.10. The number of nitrogens with zero attached hydrogens (tertiary/aromatic N) is 1. The van der Waals surface area contributed by atoms with Gasteiger partial charge in [0.1, 0.15) is 0 Å². The van der Waals surface area contributed by atoms with Gasteiger partial charge in [0.15, 0.2) is 0 Å². The largest absolute Gasteiger partial charge is 0.192 e. The Balaban J connectivity index is 3.39. The Bertz CT molecular complexity index is 323. The molecule has 0 heterocycles. The number of hydrogen-bond acceptors (Lipinski definition) is 1. The predicted octanol–water partition coefficient (Wildman–Crippen LogP) is 2.83.